The van der Waals surface area contributed by atoms with Crippen LogP contribution in [0.1, 0.15) is 79.3 Å². The molecule has 1 aromatic carbocycles. The quantitative estimate of drug-likeness (QED) is 0.719. The average Bonchev–Trinajstić information content (AvgIpc) is 2.95. The van der Waals surface area contributed by atoms with Gasteiger partial charge >= 0.3 is 0 Å². The van der Waals surface area contributed by atoms with Gasteiger partial charge in [0, 0.05) is 11.1 Å². The maximum absolute atomic E-state index is 11.9. The third kappa shape index (κ3) is 1.74. The Labute approximate surface area is 151 Å². The number of carbonyl (C=O) groups is 1. The lowest BCUT2D eigenvalue weighted by Gasteiger charge is -2.47. The zero-order valence-electron chi connectivity index (χ0n) is 15.2. The van der Waals surface area contributed by atoms with E-state index in [0.717, 1.165) is 11.5 Å². The number of rotatable bonds is 2. The van der Waals surface area contributed by atoms with Crippen LogP contribution in [0.3, 0.4) is 0 Å². The standard InChI is InChI=1S/C21H27NO.ClH/c1-13(23)14-5-6-15-16(7-14)18-9-20(22(3)4)10-19(2)8-17(15)21(18,11-19)12-20;/h5-7,17-18H,8-12H2,1-4H3;1H. The summed E-state index contributed by atoms with van der Waals surface area (Å²) in [5.74, 6) is 1.61. The molecule has 0 radical (unpaired) electrons. The molecule has 3 fully saturated rings. The van der Waals surface area contributed by atoms with E-state index < -0.39 is 0 Å². The minimum atomic E-state index is 0. The molecule has 5 atom stereocenters. The highest BCUT2D eigenvalue weighted by Gasteiger charge is 2.72. The summed E-state index contributed by atoms with van der Waals surface area (Å²) in [5, 5.41) is 0. The Morgan fingerprint density at radius 2 is 1.79 bits per heavy atom. The van der Waals surface area contributed by atoms with Gasteiger partial charge in [-0.2, -0.15) is 0 Å². The van der Waals surface area contributed by atoms with E-state index in [9.17, 15) is 4.79 Å². The number of ketones is 1. The highest BCUT2D eigenvalue weighted by molar-refractivity contribution is 5.94. The van der Waals surface area contributed by atoms with Crippen LogP contribution in [0.15, 0.2) is 18.2 Å². The third-order valence-electron chi connectivity index (χ3n) is 8.03. The molecule has 0 N–H and O–H groups in total. The zero-order valence-corrected chi connectivity index (χ0v) is 16.0. The van der Waals surface area contributed by atoms with Crippen molar-refractivity contribution in [1.82, 2.24) is 4.90 Å². The van der Waals surface area contributed by atoms with Crippen LogP contribution in [0.25, 0.3) is 0 Å². The molecule has 0 aliphatic heterocycles. The second kappa shape index (κ2) is 4.65. The molecule has 2 nitrogen and oxygen atoms in total. The van der Waals surface area contributed by atoms with Gasteiger partial charge in [0.1, 0.15) is 0 Å². The van der Waals surface area contributed by atoms with Crippen molar-refractivity contribution >= 4 is 18.2 Å². The number of nitrogens with zero attached hydrogens (tertiary/aromatic N) is 1. The molecule has 24 heavy (non-hydrogen) atoms. The first kappa shape index (κ1) is 16.6. The van der Waals surface area contributed by atoms with Crippen LogP contribution in [0.4, 0.5) is 0 Å². The molecule has 1 spiro atoms. The Morgan fingerprint density at radius 3 is 2.46 bits per heavy atom. The highest BCUT2D eigenvalue weighted by atomic mass is 35.5. The lowest BCUT2D eigenvalue weighted by molar-refractivity contribution is 0.0423. The van der Waals surface area contributed by atoms with Crippen LogP contribution in [0.5, 0.6) is 0 Å². The smallest absolute Gasteiger partial charge is 0.159 e. The van der Waals surface area contributed by atoms with Gasteiger partial charge in [0.15, 0.2) is 5.78 Å². The minimum Gasteiger partial charge on any atom is -0.304 e. The Balaban J connectivity index is 0.00000146. The normalized spacial score (nSPS) is 43.7. The van der Waals surface area contributed by atoms with E-state index in [-0.39, 0.29) is 18.2 Å². The summed E-state index contributed by atoms with van der Waals surface area (Å²) in [6.07, 6.45) is 6.76. The van der Waals surface area contributed by atoms with Gasteiger partial charge in [-0.25, -0.2) is 0 Å². The van der Waals surface area contributed by atoms with Gasteiger partial charge in [-0.1, -0.05) is 19.1 Å². The number of Topliss-reactive ketones (excluding diaryl/α,β-unsaturated/α-hetero) is 1. The number of halogens is 1. The van der Waals surface area contributed by atoms with Crippen molar-refractivity contribution in [3.05, 3.63) is 34.9 Å². The molecular formula is C21H28ClNO. The maximum Gasteiger partial charge on any atom is 0.159 e. The largest absolute Gasteiger partial charge is 0.304 e. The predicted octanol–water partition coefficient (Wildman–Crippen LogP) is 4.78. The molecule has 4 aliphatic carbocycles. The van der Waals surface area contributed by atoms with Crippen molar-refractivity contribution in [1.29, 1.82) is 0 Å². The number of hydrogen-bond donors (Lipinski definition) is 0. The first-order valence-electron chi connectivity index (χ1n) is 9.11. The summed E-state index contributed by atoms with van der Waals surface area (Å²) in [5.41, 5.74) is 5.39. The fourth-order valence-corrected chi connectivity index (χ4v) is 7.44. The van der Waals surface area contributed by atoms with Crippen molar-refractivity contribution in [3.8, 4) is 0 Å². The molecule has 5 rings (SSSR count). The molecule has 0 heterocycles. The Hall–Kier alpha value is -0.860. The van der Waals surface area contributed by atoms with E-state index in [2.05, 4.69) is 44.1 Å². The summed E-state index contributed by atoms with van der Waals surface area (Å²) in [6, 6.07) is 6.62. The first-order valence-corrected chi connectivity index (χ1v) is 9.11. The maximum atomic E-state index is 11.9. The minimum absolute atomic E-state index is 0. The van der Waals surface area contributed by atoms with Crippen LogP contribution in [-0.4, -0.2) is 30.3 Å². The molecule has 0 aromatic heterocycles. The van der Waals surface area contributed by atoms with E-state index >= 15 is 0 Å². The molecule has 5 unspecified atom stereocenters. The average molecular weight is 346 g/mol. The van der Waals surface area contributed by atoms with Crippen molar-refractivity contribution in [2.75, 3.05) is 14.1 Å². The van der Waals surface area contributed by atoms with Gasteiger partial charge in [0.25, 0.3) is 0 Å². The number of hydrogen-bond acceptors (Lipinski definition) is 2. The van der Waals surface area contributed by atoms with Crippen LogP contribution in [-0.2, 0) is 0 Å². The van der Waals surface area contributed by atoms with Crippen molar-refractivity contribution in [2.24, 2.45) is 10.8 Å². The zero-order chi connectivity index (χ0) is 16.2. The van der Waals surface area contributed by atoms with E-state index in [1.165, 1.54) is 37.7 Å². The number of carbonyl (C=O) groups excluding carboxylic acids is 1. The van der Waals surface area contributed by atoms with E-state index in [0.29, 0.717) is 22.3 Å². The van der Waals surface area contributed by atoms with Crippen LogP contribution in [0.2, 0.25) is 0 Å². The van der Waals surface area contributed by atoms with Gasteiger partial charge in [-0.3, -0.25) is 4.79 Å². The molecule has 3 bridgehead atoms. The van der Waals surface area contributed by atoms with Gasteiger partial charge in [-0.15, -0.1) is 12.4 Å². The SMILES string of the molecule is CC(=O)c1ccc2c(c1)C1CC3(N(C)C)CC4(C)CC2C1(C4)C3.Cl. The van der Waals surface area contributed by atoms with Crippen molar-refractivity contribution in [3.63, 3.8) is 0 Å². The number of benzene rings is 1. The van der Waals surface area contributed by atoms with Crippen LogP contribution >= 0.6 is 12.4 Å². The summed E-state index contributed by atoms with van der Waals surface area (Å²) in [7, 11) is 4.57. The highest BCUT2D eigenvalue weighted by Crippen LogP contribution is 2.80. The van der Waals surface area contributed by atoms with Gasteiger partial charge in [0.2, 0.25) is 0 Å². The second-order valence-electron chi connectivity index (χ2n) is 9.61. The fraction of sp³-hybridized carbons (Fsp3) is 0.667. The van der Waals surface area contributed by atoms with Crippen molar-refractivity contribution in [2.45, 2.75) is 63.3 Å². The second-order valence-corrected chi connectivity index (χ2v) is 9.61. The Morgan fingerprint density at radius 1 is 1.08 bits per heavy atom. The monoisotopic (exact) mass is 345 g/mol. The Kier molecular flexibility index (Phi) is 3.21. The molecular weight excluding hydrogens is 318 g/mol. The summed E-state index contributed by atoms with van der Waals surface area (Å²) >= 11 is 0. The molecule has 3 heteroatoms. The van der Waals surface area contributed by atoms with Gasteiger partial charge in [0.05, 0.1) is 0 Å². The van der Waals surface area contributed by atoms with E-state index in [1.54, 1.807) is 12.5 Å². The lowest BCUT2D eigenvalue weighted by atomic mass is 9.65. The van der Waals surface area contributed by atoms with Gasteiger partial charge < -0.3 is 4.90 Å². The third-order valence-corrected chi connectivity index (χ3v) is 8.03. The lowest BCUT2D eigenvalue weighted by Crippen LogP contribution is -2.48. The predicted molar refractivity (Wildman–Crippen MR) is 99.2 cm³/mol. The summed E-state index contributed by atoms with van der Waals surface area (Å²) in [6.45, 7) is 4.23. The van der Waals surface area contributed by atoms with E-state index in [1.807, 2.05) is 0 Å². The van der Waals surface area contributed by atoms with Crippen LogP contribution in [0, 0.1) is 10.8 Å². The number of fused-ring (bicyclic) bond motifs is 5. The molecule has 4 aliphatic rings. The molecule has 130 valence electrons. The topological polar surface area (TPSA) is 20.3 Å². The summed E-state index contributed by atoms with van der Waals surface area (Å²) in [4.78, 5) is 14.4. The fourth-order valence-electron chi connectivity index (χ4n) is 7.44. The molecule has 0 saturated heterocycles. The molecule has 3 saturated carbocycles. The Bertz CT molecular complexity index is 743. The molecule has 1 aromatic rings. The van der Waals surface area contributed by atoms with Gasteiger partial charge in [-0.05, 0) is 93.0 Å². The van der Waals surface area contributed by atoms with Crippen molar-refractivity contribution < 1.29 is 4.79 Å². The summed E-state index contributed by atoms with van der Waals surface area (Å²) < 4.78 is 0. The van der Waals surface area contributed by atoms with E-state index in [4.69, 9.17) is 0 Å². The van der Waals surface area contributed by atoms with Crippen LogP contribution < -0.4 is 0 Å². The first-order chi connectivity index (χ1) is 10.8. The molecule has 0 amide bonds.